The van der Waals surface area contributed by atoms with Gasteiger partial charge >= 0.3 is 0 Å². The third-order valence-corrected chi connectivity index (χ3v) is 4.24. The number of benzene rings is 2. The topological polar surface area (TPSA) is 70.7 Å². The van der Waals surface area contributed by atoms with E-state index in [1.807, 2.05) is 87.6 Å². The van der Waals surface area contributed by atoms with Crippen molar-refractivity contribution in [2.75, 3.05) is 0 Å². The van der Waals surface area contributed by atoms with Gasteiger partial charge in [0, 0.05) is 23.4 Å². The number of nitrogens with zero attached hydrogens (tertiary/aromatic N) is 3. The smallest absolute Gasteiger partial charge is 0.262 e. The van der Waals surface area contributed by atoms with Crippen molar-refractivity contribution in [1.82, 2.24) is 15.1 Å². The average molecular weight is 370 g/mol. The number of hydrogen-bond donors (Lipinski definition) is 1. The number of rotatable bonds is 5. The molecule has 140 valence electrons. The predicted octanol–water partition coefficient (Wildman–Crippen LogP) is 4.28. The maximum Gasteiger partial charge on any atom is 0.262 e. The van der Waals surface area contributed by atoms with Gasteiger partial charge in [0.15, 0.2) is 0 Å². The lowest BCUT2D eigenvalue weighted by Crippen LogP contribution is -2.30. The molecule has 1 N–H and O–H groups in total. The molecule has 0 saturated carbocycles. The Morgan fingerprint density at radius 1 is 1.14 bits per heavy atom. The molecule has 0 saturated heterocycles. The van der Waals surface area contributed by atoms with E-state index in [2.05, 4.69) is 5.32 Å². The molecule has 0 spiro atoms. The van der Waals surface area contributed by atoms with Gasteiger partial charge in [-0.25, -0.2) is 4.68 Å². The summed E-state index contributed by atoms with van der Waals surface area (Å²) in [6.45, 7) is 5.74. The second-order valence-electron chi connectivity index (χ2n) is 6.83. The summed E-state index contributed by atoms with van der Waals surface area (Å²) in [5.74, 6) is -0.389. The SMILES string of the molecule is Cc1ccccc1-n1cc(/C=C(\C#N)C(=O)NC(C)C)c(-c2ccccc2)n1. The number of nitriles is 1. The van der Waals surface area contributed by atoms with Crippen molar-refractivity contribution < 1.29 is 4.79 Å². The zero-order valence-corrected chi connectivity index (χ0v) is 16.2. The molecule has 1 aromatic heterocycles. The Kier molecular flexibility index (Phi) is 5.71. The summed E-state index contributed by atoms with van der Waals surface area (Å²) in [7, 11) is 0. The van der Waals surface area contributed by atoms with Crippen molar-refractivity contribution >= 4 is 12.0 Å². The Morgan fingerprint density at radius 3 is 2.46 bits per heavy atom. The van der Waals surface area contributed by atoms with E-state index in [0.29, 0.717) is 11.3 Å². The van der Waals surface area contributed by atoms with Gasteiger partial charge in [-0.3, -0.25) is 4.79 Å². The van der Waals surface area contributed by atoms with Crippen molar-refractivity contribution in [3.8, 4) is 23.0 Å². The third-order valence-electron chi connectivity index (χ3n) is 4.24. The molecule has 5 heteroatoms. The van der Waals surface area contributed by atoms with Crippen LogP contribution in [0.1, 0.15) is 25.0 Å². The van der Waals surface area contributed by atoms with E-state index in [4.69, 9.17) is 5.10 Å². The van der Waals surface area contributed by atoms with Crippen LogP contribution in [-0.4, -0.2) is 21.7 Å². The largest absolute Gasteiger partial charge is 0.349 e. The maximum absolute atomic E-state index is 12.3. The summed E-state index contributed by atoms with van der Waals surface area (Å²) >= 11 is 0. The molecule has 0 aliphatic carbocycles. The van der Waals surface area contributed by atoms with Crippen molar-refractivity contribution in [1.29, 1.82) is 5.26 Å². The van der Waals surface area contributed by atoms with Crippen LogP contribution in [0, 0.1) is 18.3 Å². The normalized spacial score (nSPS) is 11.3. The molecule has 1 heterocycles. The fraction of sp³-hybridized carbons (Fsp3) is 0.174. The molecular formula is C23H22N4O. The second kappa shape index (κ2) is 8.36. The van der Waals surface area contributed by atoms with Crippen LogP contribution in [0.4, 0.5) is 0 Å². The zero-order chi connectivity index (χ0) is 20.1. The van der Waals surface area contributed by atoms with Gasteiger partial charge < -0.3 is 5.32 Å². The molecule has 0 radical (unpaired) electrons. The quantitative estimate of drug-likeness (QED) is 0.538. The number of carbonyl (C=O) groups is 1. The molecule has 0 aliphatic rings. The van der Waals surface area contributed by atoms with Crippen LogP contribution in [-0.2, 0) is 4.79 Å². The highest BCUT2D eigenvalue weighted by Gasteiger charge is 2.16. The predicted molar refractivity (Wildman–Crippen MR) is 111 cm³/mol. The van der Waals surface area contributed by atoms with Crippen LogP contribution < -0.4 is 5.32 Å². The Bertz CT molecular complexity index is 1060. The molecule has 1 amide bonds. The molecule has 28 heavy (non-hydrogen) atoms. The summed E-state index contributed by atoms with van der Waals surface area (Å²) in [6, 6.07) is 19.6. The highest BCUT2D eigenvalue weighted by atomic mass is 16.1. The minimum atomic E-state index is -0.389. The Balaban J connectivity index is 2.14. The summed E-state index contributed by atoms with van der Waals surface area (Å²) in [5.41, 5.74) is 4.43. The molecule has 0 atom stereocenters. The van der Waals surface area contributed by atoms with Crippen molar-refractivity contribution in [2.24, 2.45) is 0 Å². The molecule has 0 fully saturated rings. The molecule has 0 unspecified atom stereocenters. The van der Waals surface area contributed by atoms with Crippen LogP contribution in [0.5, 0.6) is 0 Å². The van der Waals surface area contributed by atoms with E-state index in [1.54, 1.807) is 10.8 Å². The molecule has 3 aromatic rings. The van der Waals surface area contributed by atoms with Gasteiger partial charge in [0.1, 0.15) is 11.6 Å². The highest BCUT2D eigenvalue weighted by Crippen LogP contribution is 2.26. The van der Waals surface area contributed by atoms with Gasteiger partial charge in [-0.1, -0.05) is 48.5 Å². The summed E-state index contributed by atoms with van der Waals surface area (Å²) in [6.07, 6.45) is 3.45. The molecule has 0 aliphatic heterocycles. The minimum absolute atomic E-state index is 0.0486. The maximum atomic E-state index is 12.3. The number of carbonyl (C=O) groups excluding carboxylic acids is 1. The fourth-order valence-electron chi connectivity index (χ4n) is 2.90. The van der Waals surface area contributed by atoms with E-state index < -0.39 is 0 Å². The van der Waals surface area contributed by atoms with E-state index in [0.717, 1.165) is 16.8 Å². The number of aryl methyl sites for hydroxylation is 1. The average Bonchev–Trinajstić information content (AvgIpc) is 3.10. The van der Waals surface area contributed by atoms with E-state index in [-0.39, 0.29) is 17.5 Å². The van der Waals surface area contributed by atoms with Crippen LogP contribution in [0.15, 0.2) is 66.4 Å². The molecule has 5 nitrogen and oxygen atoms in total. The monoisotopic (exact) mass is 370 g/mol. The van der Waals surface area contributed by atoms with Crippen LogP contribution in [0.25, 0.3) is 23.0 Å². The van der Waals surface area contributed by atoms with Crippen molar-refractivity contribution in [3.63, 3.8) is 0 Å². The van der Waals surface area contributed by atoms with Crippen molar-refractivity contribution in [2.45, 2.75) is 26.8 Å². The van der Waals surface area contributed by atoms with Gasteiger partial charge in [0.05, 0.1) is 11.4 Å². The first-order valence-electron chi connectivity index (χ1n) is 9.13. The number of nitrogens with one attached hydrogen (secondary N) is 1. The lowest BCUT2D eigenvalue weighted by molar-refractivity contribution is -0.117. The van der Waals surface area contributed by atoms with E-state index >= 15 is 0 Å². The van der Waals surface area contributed by atoms with Crippen molar-refractivity contribution in [3.05, 3.63) is 77.5 Å². The fourth-order valence-corrected chi connectivity index (χ4v) is 2.90. The standard InChI is InChI=1S/C23H22N4O/c1-16(2)25-23(28)19(14-24)13-20-15-27(21-12-8-7-9-17(21)3)26-22(20)18-10-5-4-6-11-18/h4-13,15-16H,1-3H3,(H,25,28)/b19-13+. The number of para-hydroxylation sites is 1. The number of amides is 1. The van der Waals surface area contributed by atoms with Gasteiger partial charge in [-0.2, -0.15) is 10.4 Å². The van der Waals surface area contributed by atoms with Gasteiger partial charge in [0.2, 0.25) is 0 Å². The Hall–Kier alpha value is -3.65. The number of hydrogen-bond acceptors (Lipinski definition) is 3. The van der Waals surface area contributed by atoms with Gasteiger partial charge in [-0.15, -0.1) is 0 Å². The first-order valence-corrected chi connectivity index (χ1v) is 9.13. The second-order valence-corrected chi connectivity index (χ2v) is 6.83. The van der Waals surface area contributed by atoms with Gasteiger partial charge in [-0.05, 0) is 38.5 Å². The van der Waals surface area contributed by atoms with Crippen LogP contribution >= 0.6 is 0 Å². The Morgan fingerprint density at radius 2 is 1.82 bits per heavy atom. The van der Waals surface area contributed by atoms with Gasteiger partial charge in [0.25, 0.3) is 5.91 Å². The van der Waals surface area contributed by atoms with Crippen LogP contribution in [0.3, 0.4) is 0 Å². The molecule has 0 bridgehead atoms. The molecular weight excluding hydrogens is 348 g/mol. The first kappa shape index (κ1) is 19.1. The summed E-state index contributed by atoms with van der Waals surface area (Å²) in [4.78, 5) is 12.3. The Labute approximate surface area is 164 Å². The summed E-state index contributed by atoms with van der Waals surface area (Å²) < 4.78 is 1.79. The lowest BCUT2D eigenvalue weighted by atomic mass is 10.1. The highest BCUT2D eigenvalue weighted by molar-refractivity contribution is 6.02. The lowest BCUT2D eigenvalue weighted by Gasteiger charge is -2.06. The van der Waals surface area contributed by atoms with E-state index in [9.17, 15) is 10.1 Å². The molecule has 2 aromatic carbocycles. The third kappa shape index (κ3) is 4.18. The van der Waals surface area contributed by atoms with E-state index in [1.165, 1.54) is 0 Å². The number of aromatic nitrogens is 2. The zero-order valence-electron chi connectivity index (χ0n) is 16.2. The summed E-state index contributed by atoms with van der Waals surface area (Å²) in [5, 5.41) is 17.0. The molecule has 3 rings (SSSR count). The first-order chi connectivity index (χ1) is 13.5. The minimum Gasteiger partial charge on any atom is -0.349 e. The van der Waals surface area contributed by atoms with Crippen LogP contribution in [0.2, 0.25) is 0 Å².